The Bertz CT molecular complexity index is 778. The number of hydrogen-bond acceptors (Lipinski definition) is 3. The summed E-state index contributed by atoms with van der Waals surface area (Å²) in [6.45, 7) is 11.8. The second-order valence-corrected chi connectivity index (χ2v) is 11.7. The van der Waals surface area contributed by atoms with E-state index in [9.17, 15) is 19.0 Å². The van der Waals surface area contributed by atoms with Gasteiger partial charge in [0.25, 0.3) is 0 Å². The van der Waals surface area contributed by atoms with Gasteiger partial charge in [0.1, 0.15) is 0 Å². The maximum absolute atomic E-state index is 12.8. The molecule has 0 aromatic heterocycles. The molecule has 3 saturated carbocycles. The molecule has 2 N–H and O–H groups in total. The van der Waals surface area contributed by atoms with Crippen LogP contribution in [-0.2, 0) is 0 Å². The topological polar surface area (TPSA) is 43.7 Å². The Morgan fingerprint density at radius 1 is 1.21 bits per heavy atom. The Morgan fingerprint density at radius 3 is 2.76 bits per heavy atom. The summed E-state index contributed by atoms with van der Waals surface area (Å²) in [5, 5.41) is 20.2. The summed E-state index contributed by atoms with van der Waals surface area (Å²) >= 11 is 0. The SMILES string of the molecule is C=C1/C(=C\C=C2/CCC[C@]3(C)[C@@H]([C@H](C)CN4CC[C@@H](CC(F)F)C4)CC[C@@H]23)C[C@@H](O)C[C@@H]1O. The molecule has 0 radical (unpaired) electrons. The molecule has 0 aromatic carbocycles. The minimum absolute atomic E-state index is 0.0538. The van der Waals surface area contributed by atoms with Crippen LogP contribution in [0.15, 0.2) is 35.5 Å². The van der Waals surface area contributed by atoms with Crippen molar-refractivity contribution >= 4 is 0 Å². The van der Waals surface area contributed by atoms with Crippen LogP contribution in [0.2, 0.25) is 0 Å². The second-order valence-electron chi connectivity index (χ2n) is 11.7. The number of likely N-dealkylation sites (tertiary alicyclic amines) is 1. The maximum Gasteiger partial charge on any atom is 0.238 e. The molecule has 4 fully saturated rings. The highest BCUT2D eigenvalue weighted by Crippen LogP contribution is 2.59. The fourth-order valence-electron chi connectivity index (χ4n) is 7.74. The zero-order valence-corrected chi connectivity index (χ0v) is 20.5. The van der Waals surface area contributed by atoms with Gasteiger partial charge in [0.2, 0.25) is 6.43 Å². The lowest BCUT2D eigenvalue weighted by molar-refractivity contribution is 0.0796. The summed E-state index contributed by atoms with van der Waals surface area (Å²) in [5.74, 6) is 1.99. The van der Waals surface area contributed by atoms with Gasteiger partial charge in [-0.15, -0.1) is 0 Å². The van der Waals surface area contributed by atoms with E-state index in [4.69, 9.17) is 0 Å². The molecule has 3 aliphatic carbocycles. The van der Waals surface area contributed by atoms with E-state index in [0.29, 0.717) is 36.0 Å². The van der Waals surface area contributed by atoms with Crippen molar-refractivity contribution in [1.82, 2.24) is 4.90 Å². The molecule has 0 bridgehead atoms. The van der Waals surface area contributed by atoms with Gasteiger partial charge < -0.3 is 15.1 Å². The number of aliphatic hydroxyl groups excluding tert-OH is 2. The van der Waals surface area contributed by atoms with Crippen molar-refractivity contribution < 1.29 is 19.0 Å². The van der Waals surface area contributed by atoms with Gasteiger partial charge in [-0.2, -0.15) is 0 Å². The number of fused-ring (bicyclic) bond motifs is 1. The molecule has 1 saturated heterocycles. The van der Waals surface area contributed by atoms with Crippen molar-refractivity contribution in [2.24, 2.45) is 29.1 Å². The molecule has 4 aliphatic rings. The van der Waals surface area contributed by atoms with E-state index in [1.54, 1.807) is 0 Å². The largest absolute Gasteiger partial charge is 0.393 e. The Labute approximate surface area is 198 Å². The first-order valence-corrected chi connectivity index (χ1v) is 13.1. The van der Waals surface area contributed by atoms with Crippen molar-refractivity contribution in [3.8, 4) is 0 Å². The Hall–Kier alpha value is -1.04. The van der Waals surface area contributed by atoms with Gasteiger partial charge in [-0.3, -0.25) is 0 Å². The summed E-state index contributed by atoms with van der Waals surface area (Å²) in [7, 11) is 0. The van der Waals surface area contributed by atoms with Crippen molar-refractivity contribution in [3.05, 3.63) is 35.5 Å². The quantitative estimate of drug-likeness (QED) is 0.528. The number of nitrogens with zero attached hydrogens (tertiary/aromatic N) is 1. The number of alkyl halides is 2. The molecule has 0 aromatic rings. The minimum Gasteiger partial charge on any atom is -0.393 e. The third-order valence-corrected chi connectivity index (χ3v) is 9.42. The molecular formula is C28H43F2NO2. The van der Waals surface area contributed by atoms with Crippen LogP contribution < -0.4 is 0 Å². The highest BCUT2D eigenvalue weighted by molar-refractivity contribution is 5.38. The lowest BCUT2D eigenvalue weighted by atomic mass is 9.61. The standard InChI is InChI=1S/C28H43F2NO2/c1-18(16-31-12-10-20(17-31)13-27(29)30)24-8-9-25-21(5-4-11-28(24,25)3)6-7-22-14-23(32)15-26(33)19(22)2/h6-7,18,20,23-27,32-33H,2,4-5,8-17H2,1,3H3/b21-6+,22-7-/t18-,20+,23-,24-,25+,26+,28-/m1/s1. The number of rotatable bonds is 6. The molecule has 0 unspecified atom stereocenters. The van der Waals surface area contributed by atoms with Crippen LogP contribution >= 0.6 is 0 Å². The minimum atomic E-state index is -2.18. The summed E-state index contributed by atoms with van der Waals surface area (Å²) in [5.41, 5.74) is 3.55. The highest BCUT2D eigenvalue weighted by Gasteiger charge is 2.50. The molecular weight excluding hydrogens is 420 g/mol. The molecule has 0 spiro atoms. The molecule has 5 heteroatoms. The predicted molar refractivity (Wildman–Crippen MR) is 129 cm³/mol. The van der Waals surface area contributed by atoms with E-state index >= 15 is 0 Å². The van der Waals surface area contributed by atoms with Gasteiger partial charge in [0, 0.05) is 25.9 Å². The summed E-state index contributed by atoms with van der Waals surface area (Å²) in [6, 6.07) is 0. The van der Waals surface area contributed by atoms with E-state index in [-0.39, 0.29) is 12.3 Å². The Balaban J connectivity index is 1.42. The first-order valence-electron chi connectivity index (χ1n) is 13.1. The fourth-order valence-corrected chi connectivity index (χ4v) is 7.74. The second kappa shape index (κ2) is 10.3. The van der Waals surface area contributed by atoms with Crippen molar-refractivity contribution in [2.75, 3.05) is 19.6 Å². The zero-order chi connectivity index (χ0) is 23.8. The van der Waals surface area contributed by atoms with Crippen LogP contribution in [0.4, 0.5) is 8.78 Å². The van der Waals surface area contributed by atoms with E-state index < -0.39 is 18.6 Å². The zero-order valence-electron chi connectivity index (χ0n) is 20.5. The summed E-state index contributed by atoms with van der Waals surface area (Å²) < 4.78 is 25.6. The lowest BCUT2D eigenvalue weighted by Crippen LogP contribution is -2.39. The fraction of sp³-hybridized carbons (Fsp3) is 0.786. The smallest absolute Gasteiger partial charge is 0.238 e. The molecule has 7 atom stereocenters. The number of hydrogen-bond donors (Lipinski definition) is 2. The molecule has 1 heterocycles. The van der Waals surface area contributed by atoms with Crippen molar-refractivity contribution in [2.45, 2.75) is 90.3 Å². The molecule has 4 rings (SSSR count). The summed E-state index contributed by atoms with van der Waals surface area (Å²) in [6.07, 6.45) is 9.06. The van der Waals surface area contributed by atoms with Gasteiger partial charge >= 0.3 is 0 Å². The average Bonchev–Trinajstić information content (AvgIpc) is 3.32. The number of halogens is 2. The molecule has 186 valence electrons. The van der Waals surface area contributed by atoms with E-state index in [1.165, 1.54) is 31.3 Å². The normalized spacial score (nSPS) is 41.3. The van der Waals surface area contributed by atoms with Crippen molar-refractivity contribution in [3.63, 3.8) is 0 Å². The average molecular weight is 464 g/mol. The lowest BCUT2D eigenvalue weighted by Gasteiger charge is -2.45. The van der Waals surface area contributed by atoms with E-state index in [2.05, 4.69) is 37.5 Å². The van der Waals surface area contributed by atoms with Gasteiger partial charge in [-0.05, 0) is 91.7 Å². The van der Waals surface area contributed by atoms with E-state index in [1.807, 2.05) is 0 Å². The van der Waals surface area contributed by atoms with Crippen LogP contribution in [-0.4, -0.2) is 53.4 Å². The predicted octanol–water partition coefficient (Wildman–Crippen LogP) is 5.74. The van der Waals surface area contributed by atoms with Gasteiger partial charge in [-0.25, -0.2) is 8.78 Å². The van der Waals surface area contributed by atoms with Gasteiger partial charge in [-0.1, -0.05) is 38.2 Å². The van der Waals surface area contributed by atoms with Crippen LogP contribution in [0.1, 0.15) is 71.6 Å². The third-order valence-electron chi connectivity index (χ3n) is 9.42. The Kier molecular flexibility index (Phi) is 7.82. The number of allylic oxidation sites excluding steroid dienone is 3. The van der Waals surface area contributed by atoms with Gasteiger partial charge in [0.15, 0.2) is 0 Å². The molecule has 0 amide bonds. The van der Waals surface area contributed by atoms with E-state index in [0.717, 1.165) is 43.6 Å². The van der Waals surface area contributed by atoms with Crippen LogP contribution in [0.25, 0.3) is 0 Å². The number of aliphatic hydroxyl groups is 2. The monoisotopic (exact) mass is 463 g/mol. The van der Waals surface area contributed by atoms with Crippen molar-refractivity contribution in [1.29, 1.82) is 0 Å². The van der Waals surface area contributed by atoms with Crippen LogP contribution in [0, 0.1) is 29.1 Å². The first-order chi connectivity index (χ1) is 15.7. The van der Waals surface area contributed by atoms with Gasteiger partial charge in [0.05, 0.1) is 12.2 Å². The van der Waals surface area contributed by atoms with Crippen LogP contribution in [0.3, 0.4) is 0 Å². The Morgan fingerprint density at radius 2 is 2.00 bits per heavy atom. The summed E-state index contributed by atoms with van der Waals surface area (Å²) in [4.78, 5) is 2.43. The molecule has 33 heavy (non-hydrogen) atoms. The van der Waals surface area contributed by atoms with Crippen LogP contribution in [0.5, 0.6) is 0 Å². The first kappa shape index (κ1) is 25.1. The molecule has 3 nitrogen and oxygen atoms in total. The molecule has 1 aliphatic heterocycles. The highest BCUT2D eigenvalue weighted by atomic mass is 19.3. The maximum atomic E-state index is 12.8. The third kappa shape index (κ3) is 5.46.